The summed E-state index contributed by atoms with van der Waals surface area (Å²) in [4.78, 5) is 8.59. The van der Waals surface area contributed by atoms with Gasteiger partial charge in [0.25, 0.3) is 0 Å². The van der Waals surface area contributed by atoms with E-state index in [0.717, 1.165) is 18.3 Å². The molecule has 0 unspecified atom stereocenters. The third-order valence-electron chi connectivity index (χ3n) is 3.55. The Bertz CT molecular complexity index is 421. The predicted octanol–water partition coefficient (Wildman–Crippen LogP) is 2.97. The Hall–Kier alpha value is -1.05. The molecule has 1 aliphatic rings. The SMILES string of the molecule is CCNC(=NCCOc1cccnc1)NC1CCCCC1.I. The van der Waals surface area contributed by atoms with Gasteiger partial charge in [0.05, 0.1) is 12.7 Å². The van der Waals surface area contributed by atoms with Gasteiger partial charge in [-0.2, -0.15) is 0 Å². The molecule has 0 aliphatic heterocycles. The highest BCUT2D eigenvalue weighted by molar-refractivity contribution is 14.0. The molecule has 1 heterocycles. The van der Waals surface area contributed by atoms with Crippen LogP contribution in [-0.4, -0.2) is 36.7 Å². The zero-order valence-corrected chi connectivity index (χ0v) is 15.6. The molecule has 0 amide bonds. The summed E-state index contributed by atoms with van der Waals surface area (Å²) in [5, 5.41) is 6.83. The minimum absolute atomic E-state index is 0. The summed E-state index contributed by atoms with van der Waals surface area (Å²) in [5.74, 6) is 1.69. The van der Waals surface area contributed by atoms with E-state index in [2.05, 4.69) is 27.5 Å². The second kappa shape index (κ2) is 11.5. The average molecular weight is 418 g/mol. The van der Waals surface area contributed by atoms with Crippen LogP contribution in [0.2, 0.25) is 0 Å². The number of guanidine groups is 1. The third-order valence-corrected chi connectivity index (χ3v) is 3.55. The number of ether oxygens (including phenoxy) is 1. The summed E-state index contributed by atoms with van der Waals surface area (Å²) in [6.45, 7) is 4.16. The summed E-state index contributed by atoms with van der Waals surface area (Å²) in [7, 11) is 0. The third kappa shape index (κ3) is 7.29. The summed E-state index contributed by atoms with van der Waals surface area (Å²) < 4.78 is 5.60. The Kier molecular flexibility index (Phi) is 9.94. The molecule has 22 heavy (non-hydrogen) atoms. The first-order chi connectivity index (χ1) is 10.4. The molecule has 0 aromatic carbocycles. The van der Waals surface area contributed by atoms with Gasteiger partial charge in [-0.25, -0.2) is 4.99 Å². The highest BCUT2D eigenvalue weighted by Crippen LogP contribution is 2.17. The maximum atomic E-state index is 5.60. The minimum Gasteiger partial charge on any atom is -0.490 e. The van der Waals surface area contributed by atoms with Gasteiger partial charge in [0.1, 0.15) is 12.4 Å². The number of rotatable bonds is 6. The Balaban J connectivity index is 0.00000242. The van der Waals surface area contributed by atoms with Gasteiger partial charge in [-0.1, -0.05) is 19.3 Å². The topological polar surface area (TPSA) is 58.5 Å². The number of nitrogens with zero attached hydrogens (tertiary/aromatic N) is 2. The first-order valence-corrected chi connectivity index (χ1v) is 7.96. The van der Waals surface area contributed by atoms with Crippen LogP contribution < -0.4 is 15.4 Å². The molecule has 1 aliphatic carbocycles. The summed E-state index contributed by atoms with van der Waals surface area (Å²) in [6.07, 6.45) is 9.96. The Morgan fingerprint density at radius 2 is 2.18 bits per heavy atom. The maximum absolute atomic E-state index is 5.60. The molecule has 2 N–H and O–H groups in total. The van der Waals surface area contributed by atoms with Crippen molar-refractivity contribution in [2.45, 2.75) is 45.1 Å². The van der Waals surface area contributed by atoms with E-state index in [4.69, 9.17) is 4.74 Å². The first-order valence-electron chi connectivity index (χ1n) is 7.96. The lowest BCUT2D eigenvalue weighted by Gasteiger charge is -2.24. The van der Waals surface area contributed by atoms with Crippen molar-refractivity contribution in [3.63, 3.8) is 0 Å². The summed E-state index contributed by atoms with van der Waals surface area (Å²) >= 11 is 0. The molecule has 1 saturated carbocycles. The molecule has 5 nitrogen and oxygen atoms in total. The van der Waals surface area contributed by atoms with Crippen LogP contribution in [0.25, 0.3) is 0 Å². The van der Waals surface area contributed by atoms with Crippen molar-refractivity contribution in [3.05, 3.63) is 24.5 Å². The number of aromatic nitrogens is 1. The zero-order chi connectivity index (χ0) is 14.8. The molecule has 2 rings (SSSR count). The lowest BCUT2D eigenvalue weighted by atomic mass is 9.96. The number of halogens is 1. The van der Waals surface area contributed by atoms with Crippen molar-refractivity contribution in [3.8, 4) is 5.75 Å². The monoisotopic (exact) mass is 418 g/mol. The predicted molar refractivity (Wildman–Crippen MR) is 101 cm³/mol. The minimum atomic E-state index is 0. The molecule has 1 aromatic heterocycles. The second-order valence-electron chi connectivity index (χ2n) is 5.28. The van der Waals surface area contributed by atoms with Crippen molar-refractivity contribution in [1.82, 2.24) is 15.6 Å². The Morgan fingerprint density at radius 3 is 2.86 bits per heavy atom. The van der Waals surface area contributed by atoms with Crippen molar-refractivity contribution < 1.29 is 4.74 Å². The molecule has 0 atom stereocenters. The molecule has 1 fully saturated rings. The number of aliphatic imine (C=N–C) groups is 1. The highest BCUT2D eigenvalue weighted by Gasteiger charge is 2.14. The second-order valence-corrected chi connectivity index (χ2v) is 5.28. The van der Waals surface area contributed by atoms with Crippen LogP contribution in [-0.2, 0) is 0 Å². The van der Waals surface area contributed by atoms with Crippen LogP contribution in [0.3, 0.4) is 0 Å². The molecule has 124 valence electrons. The number of hydrogen-bond acceptors (Lipinski definition) is 3. The molecule has 1 aromatic rings. The van der Waals surface area contributed by atoms with Crippen LogP contribution in [0, 0.1) is 0 Å². The van der Waals surface area contributed by atoms with E-state index in [9.17, 15) is 0 Å². The lowest BCUT2D eigenvalue weighted by Crippen LogP contribution is -2.44. The largest absolute Gasteiger partial charge is 0.490 e. The van der Waals surface area contributed by atoms with Crippen molar-refractivity contribution in [1.29, 1.82) is 0 Å². The van der Waals surface area contributed by atoms with Crippen molar-refractivity contribution in [2.24, 2.45) is 4.99 Å². The number of hydrogen-bond donors (Lipinski definition) is 2. The molecule has 0 radical (unpaired) electrons. The number of pyridine rings is 1. The lowest BCUT2D eigenvalue weighted by molar-refractivity contribution is 0.327. The van der Waals surface area contributed by atoms with E-state index in [1.54, 1.807) is 12.4 Å². The molecule has 6 heteroatoms. The van der Waals surface area contributed by atoms with E-state index in [-0.39, 0.29) is 24.0 Å². The first kappa shape index (κ1) is 19.0. The highest BCUT2D eigenvalue weighted by atomic mass is 127. The van der Waals surface area contributed by atoms with Crippen LogP contribution in [0.4, 0.5) is 0 Å². The van der Waals surface area contributed by atoms with Crippen molar-refractivity contribution in [2.75, 3.05) is 19.7 Å². The van der Waals surface area contributed by atoms with E-state index in [1.165, 1.54) is 32.1 Å². The molecule has 0 saturated heterocycles. The van der Waals surface area contributed by atoms with Crippen LogP contribution in [0.1, 0.15) is 39.0 Å². The average Bonchev–Trinajstić information content (AvgIpc) is 2.54. The van der Waals surface area contributed by atoms with Gasteiger partial charge in [0, 0.05) is 18.8 Å². The molecule has 0 bridgehead atoms. The van der Waals surface area contributed by atoms with Gasteiger partial charge in [-0.15, -0.1) is 24.0 Å². The van der Waals surface area contributed by atoms with Crippen LogP contribution in [0.5, 0.6) is 5.75 Å². The quantitative estimate of drug-likeness (QED) is 0.323. The fourth-order valence-electron chi connectivity index (χ4n) is 2.51. The molecular formula is C16H27IN4O. The van der Waals surface area contributed by atoms with E-state index < -0.39 is 0 Å². The summed E-state index contributed by atoms with van der Waals surface area (Å²) in [6, 6.07) is 4.34. The molecule has 0 spiro atoms. The van der Waals surface area contributed by atoms with E-state index in [0.29, 0.717) is 19.2 Å². The van der Waals surface area contributed by atoms with Crippen LogP contribution >= 0.6 is 24.0 Å². The van der Waals surface area contributed by atoms with Gasteiger partial charge in [-0.3, -0.25) is 4.98 Å². The summed E-state index contributed by atoms with van der Waals surface area (Å²) in [5.41, 5.74) is 0. The van der Waals surface area contributed by atoms with Gasteiger partial charge in [-0.05, 0) is 31.9 Å². The Labute approximate surface area is 150 Å². The van der Waals surface area contributed by atoms with Crippen molar-refractivity contribution >= 4 is 29.9 Å². The fourth-order valence-corrected chi connectivity index (χ4v) is 2.51. The fraction of sp³-hybridized carbons (Fsp3) is 0.625. The van der Waals surface area contributed by atoms with E-state index >= 15 is 0 Å². The molecular weight excluding hydrogens is 391 g/mol. The van der Waals surface area contributed by atoms with E-state index in [1.807, 2.05) is 12.1 Å². The zero-order valence-electron chi connectivity index (χ0n) is 13.3. The Morgan fingerprint density at radius 1 is 1.36 bits per heavy atom. The smallest absolute Gasteiger partial charge is 0.191 e. The van der Waals surface area contributed by atoms with Gasteiger partial charge in [0.2, 0.25) is 0 Å². The van der Waals surface area contributed by atoms with Gasteiger partial charge < -0.3 is 15.4 Å². The normalized spacial score (nSPS) is 15.8. The van der Waals surface area contributed by atoms with Crippen LogP contribution in [0.15, 0.2) is 29.5 Å². The number of nitrogens with one attached hydrogen (secondary N) is 2. The van der Waals surface area contributed by atoms with Gasteiger partial charge >= 0.3 is 0 Å². The van der Waals surface area contributed by atoms with Gasteiger partial charge in [0.15, 0.2) is 5.96 Å². The standard InChI is InChI=1S/C16H26N4O.HI/c1-2-18-16(20-14-7-4-3-5-8-14)19-11-12-21-15-9-6-10-17-13-15;/h6,9-10,13-14H,2-5,7-8,11-12H2,1H3,(H2,18,19,20);1H. The maximum Gasteiger partial charge on any atom is 0.191 e.